The minimum absolute atomic E-state index is 0.107. The van der Waals surface area contributed by atoms with Crippen molar-refractivity contribution in [3.63, 3.8) is 0 Å². The molecule has 0 spiro atoms. The molecule has 0 atom stereocenters. The summed E-state index contributed by atoms with van der Waals surface area (Å²) in [6, 6.07) is 8.21. The Morgan fingerprint density at radius 3 is 2.70 bits per heavy atom. The SMILES string of the molecule is COc1c(NC/C=C\COc2cccc(CN3CCCCC3)c2)c(=O)c1=O. The second-order valence-electron chi connectivity index (χ2n) is 6.71. The maximum atomic E-state index is 11.4. The number of likely N-dealkylation sites (tertiary alicyclic amines) is 1. The summed E-state index contributed by atoms with van der Waals surface area (Å²) in [6.45, 7) is 4.20. The number of hydrogen-bond acceptors (Lipinski definition) is 6. The van der Waals surface area contributed by atoms with E-state index in [9.17, 15) is 9.59 Å². The van der Waals surface area contributed by atoms with E-state index in [-0.39, 0.29) is 11.4 Å². The molecule has 0 amide bonds. The summed E-state index contributed by atoms with van der Waals surface area (Å²) in [5.41, 5.74) is 0.421. The van der Waals surface area contributed by atoms with Crippen molar-refractivity contribution in [1.82, 2.24) is 4.90 Å². The lowest BCUT2D eigenvalue weighted by Crippen LogP contribution is -2.35. The van der Waals surface area contributed by atoms with Crippen LogP contribution in [0.3, 0.4) is 0 Å². The first-order valence-corrected chi connectivity index (χ1v) is 9.39. The highest BCUT2D eigenvalue weighted by molar-refractivity contribution is 5.61. The van der Waals surface area contributed by atoms with Crippen molar-refractivity contribution in [2.75, 3.05) is 38.7 Å². The number of piperidine rings is 1. The Morgan fingerprint density at radius 2 is 1.93 bits per heavy atom. The zero-order valence-corrected chi connectivity index (χ0v) is 15.7. The molecule has 0 radical (unpaired) electrons. The molecule has 0 bridgehead atoms. The van der Waals surface area contributed by atoms with Gasteiger partial charge in [-0.2, -0.15) is 0 Å². The summed E-state index contributed by atoms with van der Waals surface area (Å²) in [4.78, 5) is 25.1. The fourth-order valence-corrected chi connectivity index (χ4v) is 3.29. The van der Waals surface area contributed by atoms with Crippen LogP contribution in [0, 0.1) is 0 Å². The van der Waals surface area contributed by atoms with Gasteiger partial charge in [-0.3, -0.25) is 14.5 Å². The van der Waals surface area contributed by atoms with Gasteiger partial charge in [0.2, 0.25) is 0 Å². The van der Waals surface area contributed by atoms with Gasteiger partial charge in [-0.25, -0.2) is 0 Å². The lowest BCUT2D eigenvalue weighted by Gasteiger charge is -2.26. The van der Waals surface area contributed by atoms with E-state index in [1.165, 1.54) is 45.0 Å². The Balaban J connectivity index is 1.41. The monoisotopic (exact) mass is 370 g/mol. The Kier molecular flexibility index (Phi) is 6.65. The third-order valence-electron chi connectivity index (χ3n) is 4.73. The van der Waals surface area contributed by atoms with Crippen molar-refractivity contribution < 1.29 is 9.47 Å². The fraction of sp³-hybridized carbons (Fsp3) is 0.429. The summed E-state index contributed by atoms with van der Waals surface area (Å²) in [5, 5.41) is 2.89. The van der Waals surface area contributed by atoms with Crippen LogP contribution in [0.5, 0.6) is 11.5 Å². The van der Waals surface area contributed by atoms with Gasteiger partial charge in [0, 0.05) is 13.1 Å². The van der Waals surface area contributed by atoms with Crippen LogP contribution < -0.4 is 25.6 Å². The van der Waals surface area contributed by atoms with Crippen LogP contribution in [0.1, 0.15) is 24.8 Å². The Labute approximate surface area is 159 Å². The van der Waals surface area contributed by atoms with Crippen LogP contribution in [0.15, 0.2) is 46.0 Å². The summed E-state index contributed by atoms with van der Waals surface area (Å²) >= 11 is 0. The smallest absolute Gasteiger partial charge is 0.271 e. The van der Waals surface area contributed by atoms with Crippen LogP contribution in [-0.4, -0.2) is 38.3 Å². The van der Waals surface area contributed by atoms with Gasteiger partial charge in [0.1, 0.15) is 18.0 Å². The summed E-state index contributed by atoms with van der Waals surface area (Å²) in [5.74, 6) is 0.960. The summed E-state index contributed by atoms with van der Waals surface area (Å²) in [7, 11) is 1.38. The molecule has 6 heteroatoms. The van der Waals surface area contributed by atoms with E-state index in [4.69, 9.17) is 9.47 Å². The number of hydrogen-bond donors (Lipinski definition) is 1. The third kappa shape index (κ3) is 4.98. The Bertz CT molecular complexity index is 846. The summed E-state index contributed by atoms with van der Waals surface area (Å²) in [6.07, 6.45) is 7.65. The molecule has 6 nitrogen and oxygen atoms in total. The fourth-order valence-electron chi connectivity index (χ4n) is 3.29. The average molecular weight is 370 g/mol. The highest BCUT2D eigenvalue weighted by Crippen LogP contribution is 2.18. The molecule has 1 heterocycles. The predicted octanol–water partition coefficient (Wildman–Crippen LogP) is 2.32. The van der Waals surface area contributed by atoms with E-state index < -0.39 is 10.9 Å². The van der Waals surface area contributed by atoms with Gasteiger partial charge in [0.15, 0.2) is 5.75 Å². The molecule has 1 N–H and O–H groups in total. The molecular weight excluding hydrogens is 344 g/mol. The molecule has 1 aliphatic heterocycles. The molecular formula is C21H26N2O4. The molecule has 0 saturated carbocycles. The van der Waals surface area contributed by atoms with Gasteiger partial charge < -0.3 is 14.8 Å². The van der Waals surface area contributed by atoms with E-state index >= 15 is 0 Å². The number of rotatable bonds is 9. The van der Waals surface area contributed by atoms with Crippen molar-refractivity contribution in [3.05, 3.63) is 62.4 Å². The Morgan fingerprint density at radius 1 is 1.11 bits per heavy atom. The molecule has 1 aliphatic rings. The molecule has 0 aromatic heterocycles. The van der Waals surface area contributed by atoms with E-state index in [2.05, 4.69) is 22.3 Å². The van der Waals surface area contributed by atoms with Gasteiger partial charge >= 0.3 is 0 Å². The maximum absolute atomic E-state index is 11.4. The molecule has 1 saturated heterocycles. The topological polar surface area (TPSA) is 67.9 Å². The normalized spacial score (nSPS) is 15.3. The third-order valence-corrected chi connectivity index (χ3v) is 4.73. The Hall–Kier alpha value is -2.60. The van der Waals surface area contributed by atoms with Gasteiger partial charge in [-0.1, -0.05) is 24.6 Å². The lowest BCUT2D eigenvalue weighted by atomic mass is 10.1. The van der Waals surface area contributed by atoms with Crippen LogP contribution in [0.2, 0.25) is 0 Å². The van der Waals surface area contributed by atoms with E-state index in [1.807, 2.05) is 24.3 Å². The first kappa shape index (κ1) is 19.2. The number of methoxy groups -OCH3 is 1. The molecule has 0 unspecified atom stereocenters. The minimum atomic E-state index is -0.572. The maximum Gasteiger partial charge on any atom is 0.271 e. The van der Waals surface area contributed by atoms with Crippen molar-refractivity contribution in [2.45, 2.75) is 25.8 Å². The summed E-state index contributed by atoms with van der Waals surface area (Å²) < 4.78 is 10.7. The van der Waals surface area contributed by atoms with Gasteiger partial charge in [0.25, 0.3) is 10.9 Å². The number of ether oxygens (including phenoxy) is 2. The van der Waals surface area contributed by atoms with E-state index in [0.717, 1.165) is 12.3 Å². The number of nitrogens with zero attached hydrogens (tertiary/aromatic N) is 1. The first-order chi connectivity index (χ1) is 13.2. The first-order valence-electron chi connectivity index (χ1n) is 9.39. The standard InChI is InChI=1S/C21H26N2O4/c1-26-21-18(19(24)20(21)25)22-10-3-6-13-27-17-9-7-8-16(14-17)15-23-11-4-2-5-12-23/h3,6-9,14,22H,2,4-5,10-13,15H2,1H3/b6-3-. The second kappa shape index (κ2) is 9.37. The van der Waals surface area contributed by atoms with Crippen LogP contribution in [-0.2, 0) is 6.54 Å². The lowest BCUT2D eigenvalue weighted by molar-refractivity contribution is 0.220. The number of benzene rings is 1. The second-order valence-corrected chi connectivity index (χ2v) is 6.71. The number of nitrogens with one attached hydrogen (secondary N) is 1. The average Bonchev–Trinajstić information content (AvgIpc) is 2.70. The molecule has 3 rings (SSSR count). The van der Waals surface area contributed by atoms with Gasteiger partial charge in [-0.05, 0) is 49.7 Å². The molecule has 2 aromatic rings. The van der Waals surface area contributed by atoms with Crippen molar-refractivity contribution in [2.24, 2.45) is 0 Å². The quantitative estimate of drug-likeness (QED) is 0.540. The van der Waals surface area contributed by atoms with E-state index in [1.54, 1.807) is 0 Å². The largest absolute Gasteiger partial charge is 0.491 e. The number of anilines is 1. The van der Waals surface area contributed by atoms with Crippen molar-refractivity contribution in [1.29, 1.82) is 0 Å². The predicted molar refractivity (Wildman–Crippen MR) is 107 cm³/mol. The van der Waals surface area contributed by atoms with E-state index in [0.29, 0.717) is 13.2 Å². The van der Waals surface area contributed by atoms with Crippen LogP contribution in [0.4, 0.5) is 5.69 Å². The van der Waals surface area contributed by atoms with Crippen molar-refractivity contribution in [3.8, 4) is 11.5 Å². The highest BCUT2D eigenvalue weighted by Gasteiger charge is 2.20. The van der Waals surface area contributed by atoms with Crippen LogP contribution in [0.25, 0.3) is 0 Å². The highest BCUT2D eigenvalue weighted by atomic mass is 16.5. The molecule has 0 aliphatic carbocycles. The van der Waals surface area contributed by atoms with Gasteiger partial charge in [0.05, 0.1) is 7.11 Å². The zero-order valence-electron chi connectivity index (χ0n) is 15.7. The molecule has 1 fully saturated rings. The van der Waals surface area contributed by atoms with Gasteiger partial charge in [-0.15, -0.1) is 0 Å². The zero-order chi connectivity index (χ0) is 19.1. The molecule has 144 valence electrons. The molecule has 27 heavy (non-hydrogen) atoms. The minimum Gasteiger partial charge on any atom is -0.491 e. The van der Waals surface area contributed by atoms with Crippen LogP contribution >= 0.6 is 0 Å². The van der Waals surface area contributed by atoms with Crippen molar-refractivity contribution >= 4 is 5.69 Å². The molecule has 2 aromatic carbocycles.